The minimum Gasteiger partial charge on any atom is -0.496 e. The molecule has 226 valence electrons. The lowest BCUT2D eigenvalue weighted by Gasteiger charge is -2.27. The van der Waals surface area contributed by atoms with Gasteiger partial charge >= 0.3 is 5.97 Å². The van der Waals surface area contributed by atoms with Gasteiger partial charge in [-0.25, -0.2) is 4.79 Å². The molecule has 4 aromatic carbocycles. The molecule has 0 spiro atoms. The van der Waals surface area contributed by atoms with Crippen molar-refractivity contribution in [1.29, 1.82) is 0 Å². The maximum Gasteiger partial charge on any atom is 0.335 e. The van der Waals surface area contributed by atoms with Crippen molar-refractivity contribution in [3.63, 3.8) is 0 Å². The summed E-state index contributed by atoms with van der Waals surface area (Å²) in [5.41, 5.74) is 1.98. The normalized spacial score (nSPS) is 15.4. The van der Waals surface area contributed by atoms with Crippen molar-refractivity contribution in [2.45, 2.75) is 25.6 Å². The number of carbonyl (C=O) groups excluding carboxylic acids is 3. The highest BCUT2D eigenvalue weighted by Gasteiger charge is 2.38. The number of hydrogen-bond acceptors (Lipinski definition) is 6. The molecular weight excluding hydrogens is 628 g/mol. The fraction of sp³-hybridized carbons (Fsp3) is 0.212. The van der Waals surface area contributed by atoms with Crippen LogP contribution in [0.4, 0.5) is 11.4 Å². The Morgan fingerprint density at radius 3 is 2.34 bits per heavy atom. The van der Waals surface area contributed by atoms with Gasteiger partial charge in [-0.1, -0.05) is 40.2 Å². The molecular formula is C33H31BrN4O6. The van der Waals surface area contributed by atoms with E-state index in [2.05, 4.69) is 26.6 Å². The lowest BCUT2D eigenvalue weighted by Crippen LogP contribution is -2.55. The number of aromatic carboxylic acids is 1. The van der Waals surface area contributed by atoms with Crippen LogP contribution in [0.25, 0.3) is 10.8 Å². The van der Waals surface area contributed by atoms with E-state index in [4.69, 9.17) is 4.74 Å². The molecule has 1 aliphatic heterocycles. The zero-order valence-corrected chi connectivity index (χ0v) is 25.9. The zero-order valence-electron chi connectivity index (χ0n) is 24.3. The molecule has 0 saturated heterocycles. The number of carbonyl (C=O) groups is 4. The number of carboxylic acids is 1. The van der Waals surface area contributed by atoms with Crippen molar-refractivity contribution in [1.82, 2.24) is 10.6 Å². The summed E-state index contributed by atoms with van der Waals surface area (Å²) in [7, 11) is 3.21. The van der Waals surface area contributed by atoms with Gasteiger partial charge in [0, 0.05) is 15.6 Å². The van der Waals surface area contributed by atoms with Crippen LogP contribution >= 0.6 is 15.9 Å². The molecule has 0 saturated carbocycles. The monoisotopic (exact) mass is 658 g/mol. The fourth-order valence-corrected chi connectivity index (χ4v) is 5.62. The molecule has 0 bridgehead atoms. The molecule has 11 heteroatoms. The van der Waals surface area contributed by atoms with Crippen LogP contribution in [0.1, 0.15) is 33.2 Å². The third-order valence-electron chi connectivity index (χ3n) is 7.75. The van der Waals surface area contributed by atoms with E-state index < -0.39 is 35.8 Å². The molecule has 1 heterocycles. The first-order valence-corrected chi connectivity index (χ1v) is 14.7. The van der Waals surface area contributed by atoms with E-state index >= 15 is 0 Å². The van der Waals surface area contributed by atoms with Gasteiger partial charge in [0.15, 0.2) is 0 Å². The minimum absolute atomic E-state index is 0.0430. The number of methoxy groups -OCH3 is 1. The van der Waals surface area contributed by atoms with E-state index in [0.29, 0.717) is 17.1 Å². The molecule has 0 aliphatic carbocycles. The highest BCUT2D eigenvalue weighted by Crippen LogP contribution is 2.38. The van der Waals surface area contributed by atoms with Crippen LogP contribution in [0.5, 0.6) is 5.75 Å². The van der Waals surface area contributed by atoms with Gasteiger partial charge in [0.25, 0.3) is 11.8 Å². The van der Waals surface area contributed by atoms with Crippen molar-refractivity contribution in [2.75, 3.05) is 30.5 Å². The van der Waals surface area contributed by atoms with E-state index in [1.165, 1.54) is 29.2 Å². The van der Waals surface area contributed by atoms with Crippen LogP contribution in [0.2, 0.25) is 0 Å². The molecule has 1 unspecified atom stereocenters. The lowest BCUT2D eigenvalue weighted by atomic mass is 10.0. The van der Waals surface area contributed by atoms with Crippen LogP contribution in [0.15, 0.2) is 83.3 Å². The number of halogens is 1. The van der Waals surface area contributed by atoms with Crippen molar-refractivity contribution in [3.05, 3.63) is 100 Å². The van der Waals surface area contributed by atoms with E-state index in [1.807, 2.05) is 30.3 Å². The summed E-state index contributed by atoms with van der Waals surface area (Å²) in [5, 5.41) is 16.9. The molecule has 2 atom stereocenters. The molecule has 0 radical (unpaired) electrons. The smallest absolute Gasteiger partial charge is 0.335 e. The number of nitrogens with one attached hydrogen (secondary N) is 2. The maximum absolute atomic E-state index is 14.4. The Kier molecular flexibility index (Phi) is 8.98. The van der Waals surface area contributed by atoms with E-state index in [-0.39, 0.29) is 24.2 Å². The SMILES string of the molecule is CN[C@@H](C)C(=O)NC1CN(C(=O)c2ccc(C(=O)O)cc2)c2ccccc2N(Cc2c(OC)ccc3cc(Br)ccc23)C1=O. The molecule has 44 heavy (non-hydrogen) atoms. The third-order valence-corrected chi connectivity index (χ3v) is 8.24. The molecule has 5 rings (SSSR count). The highest BCUT2D eigenvalue weighted by molar-refractivity contribution is 9.10. The number of nitrogens with zero attached hydrogens (tertiary/aromatic N) is 2. The van der Waals surface area contributed by atoms with Crippen molar-refractivity contribution in [3.8, 4) is 5.75 Å². The van der Waals surface area contributed by atoms with Crippen molar-refractivity contribution >= 4 is 61.8 Å². The minimum atomic E-state index is -1.11. The van der Waals surface area contributed by atoms with E-state index in [0.717, 1.165) is 20.8 Å². The summed E-state index contributed by atoms with van der Waals surface area (Å²) in [6, 6.07) is 20.6. The van der Waals surface area contributed by atoms with Gasteiger partial charge < -0.3 is 30.3 Å². The van der Waals surface area contributed by atoms with Crippen molar-refractivity contribution < 1.29 is 29.0 Å². The Labute approximate surface area is 262 Å². The first kappa shape index (κ1) is 30.7. The van der Waals surface area contributed by atoms with Gasteiger partial charge in [-0.3, -0.25) is 14.4 Å². The standard InChI is InChI=1S/C33H31BrN4O6/c1-19(35-2)30(39)36-26-18-38(31(40)20-8-10-21(11-9-20)33(42)43)28-7-5-4-6-27(28)37(32(26)41)17-25-24-14-13-23(34)16-22(24)12-15-29(25)44-3/h4-16,19,26,35H,17-18H2,1-3H3,(H,36,39)(H,42,43)/t19-,26?/m0/s1. The molecule has 0 aromatic heterocycles. The number of carboxylic acid groups (broad SMARTS) is 1. The number of benzene rings is 4. The number of fused-ring (bicyclic) bond motifs is 2. The Morgan fingerprint density at radius 1 is 1.00 bits per heavy atom. The topological polar surface area (TPSA) is 128 Å². The summed E-state index contributed by atoms with van der Waals surface area (Å²) >= 11 is 3.52. The van der Waals surface area contributed by atoms with E-state index in [1.54, 1.807) is 50.2 Å². The average molecular weight is 660 g/mol. The van der Waals surface area contributed by atoms with Gasteiger partial charge in [-0.15, -0.1) is 0 Å². The Balaban J connectivity index is 1.64. The van der Waals surface area contributed by atoms with E-state index in [9.17, 15) is 24.3 Å². The summed E-state index contributed by atoms with van der Waals surface area (Å²) < 4.78 is 6.63. The number of anilines is 2. The molecule has 3 amide bonds. The number of para-hydroxylation sites is 2. The quantitative estimate of drug-likeness (QED) is 0.253. The van der Waals surface area contributed by atoms with Gasteiger partial charge in [-0.05, 0) is 79.3 Å². The van der Waals surface area contributed by atoms with Crippen LogP contribution in [-0.2, 0) is 16.1 Å². The lowest BCUT2D eigenvalue weighted by molar-refractivity contribution is -0.128. The zero-order chi connectivity index (χ0) is 31.5. The summed E-state index contributed by atoms with van der Waals surface area (Å²) in [4.78, 5) is 55.9. The van der Waals surface area contributed by atoms with Crippen LogP contribution in [0.3, 0.4) is 0 Å². The second kappa shape index (κ2) is 12.9. The molecule has 10 nitrogen and oxygen atoms in total. The molecule has 3 N–H and O–H groups in total. The number of likely N-dealkylation sites (N-methyl/N-ethyl adjacent to an activating group) is 1. The highest BCUT2D eigenvalue weighted by atomic mass is 79.9. The number of amides is 3. The number of ether oxygens (including phenoxy) is 1. The fourth-order valence-electron chi connectivity index (χ4n) is 5.25. The Bertz CT molecular complexity index is 1760. The predicted molar refractivity (Wildman–Crippen MR) is 171 cm³/mol. The molecule has 4 aromatic rings. The average Bonchev–Trinajstić information content (AvgIpc) is 3.14. The van der Waals surface area contributed by atoms with Gasteiger partial charge in [0.2, 0.25) is 5.91 Å². The summed E-state index contributed by atoms with van der Waals surface area (Å²) in [6.45, 7) is 1.63. The van der Waals surface area contributed by atoms with Crippen LogP contribution < -0.4 is 25.2 Å². The summed E-state index contributed by atoms with van der Waals surface area (Å²) in [5.74, 6) is -1.77. The Hall–Kier alpha value is -4.74. The summed E-state index contributed by atoms with van der Waals surface area (Å²) in [6.07, 6.45) is 0. The van der Waals surface area contributed by atoms with Gasteiger partial charge in [0.05, 0.1) is 43.2 Å². The van der Waals surface area contributed by atoms with Crippen LogP contribution in [0, 0.1) is 0 Å². The first-order valence-electron chi connectivity index (χ1n) is 13.9. The second-order valence-electron chi connectivity index (χ2n) is 10.4. The third kappa shape index (κ3) is 6.01. The van der Waals surface area contributed by atoms with Crippen molar-refractivity contribution in [2.24, 2.45) is 0 Å². The number of rotatable bonds is 8. The second-order valence-corrected chi connectivity index (χ2v) is 11.3. The van der Waals surface area contributed by atoms with Gasteiger partial charge in [-0.2, -0.15) is 0 Å². The maximum atomic E-state index is 14.4. The number of hydrogen-bond donors (Lipinski definition) is 3. The predicted octanol–water partition coefficient (Wildman–Crippen LogP) is 4.60. The molecule has 0 fully saturated rings. The van der Waals surface area contributed by atoms with Crippen LogP contribution in [-0.4, -0.2) is 61.6 Å². The molecule has 1 aliphatic rings. The Morgan fingerprint density at radius 2 is 1.68 bits per heavy atom. The largest absolute Gasteiger partial charge is 0.496 e. The first-order chi connectivity index (χ1) is 21.1. The van der Waals surface area contributed by atoms with Gasteiger partial charge in [0.1, 0.15) is 11.8 Å².